The summed E-state index contributed by atoms with van der Waals surface area (Å²) in [6.45, 7) is 18.7. The molecule has 0 saturated carbocycles. The van der Waals surface area contributed by atoms with Crippen LogP contribution >= 0.6 is 0 Å². The molecule has 2 amide bonds. The van der Waals surface area contributed by atoms with Gasteiger partial charge in [-0.3, -0.25) is 9.69 Å². The molecule has 386 valence electrons. The predicted octanol–water partition coefficient (Wildman–Crippen LogP) is 4.22. The number of rotatable bonds is 17. The number of nitrogens with one attached hydrogen (secondary N) is 2. The van der Waals surface area contributed by atoms with Gasteiger partial charge in [-0.05, 0) is 137 Å². The van der Waals surface area contributed by atoms with Crippen LogP contribution in [-0.4, -0.2) is 179 Å². The second-order valence-corrected chi connectivity index (χ2v) is 20.6. The predicted molar refractivity (Wildman–Crippen MR) is 255 cm³/mol. The lowest BCUT2D eigenvalue weighted by atomic mass is 9.77. The second-order valence-electron chi connectivity index (χ2n) is 20.6. The molecular weight excluding hydrogens is 865 g/mol. The van der Waals surface area contributed by atoms with E-state index >= 15 is 0 Å². The van der Waals surface area contributed by atoms with Gasteiger partial charge in [-0.2, -0.15) is 0 Å². The van der Waals surface area contributed by atoms with Crippen LogP contribution in [0.5, 0.6) is 0 Å². The molecule has 0 unspecified atom stereocenters. The van der Waals surface area contributed by atoms with Crippen molar-refractivity contribution in [2.24, 2.45) is 17.8 Å². The van der Waals surface area contributed by atoms with Gasteiger partial charge in [0.25, 0.3) is 0 Å². The Kier molecular flexibility index (Phi) is 21.8. The lowest BCUT2D eigenvalue weighted by Gasteiger charge is -2.47. The summed E-state index contributed by atoms with van der Waals surface area (Å²) >= 11 is 0. The van der Waals surface area contributed by atoms with Gasteiger partial charge in [-0.15, -0.1) is 0 Å². The lowest BCUT2D eigenvalue weighted by Crippen LogP contribution is -2.59. The molecule has 2 aliphatic heterocycles. The third kappa shape index (κ3) is 15.5. The molecule has 2 saturated heterocycles. The number of ether oxygens (including phenoxy) is 6. The molecule has 1 aromatic rings. The number of carbonyl (C=O) groups is 2. The number of carbonyl (C=O) groups excluding carboxylic acids is 2. The third-order valence-corrected chi connectivity index (χ3v) is 14.4. The van der Waals surface area contributed by atoms with Crippen molar-refractivity contribution in [1.82, 2.24) is 15.1 Å². The van der Waals surface area contributed by atoms with E-state index in [1.54, 1.807) is 41.7 Å². The fourth-order valence-electron chi connectivity index (χ4n) is 10.3. The highest BCUT2D eigenvalue weighted by Gasteiger charge is 2.51. The van der Waals surface area contributed by atoms with Crippen molar-refractivity contribution < 1.29 is 63.5 Å². The van der Waals surface area contributed by atoms with Crippen LogP contribution in [0.15, 0.2) is 18.2 Å². The number of benzene rings is 1. The summed E-state index contributed by atoms with van der Waals surface area (Å²) in [7, 11) is 5.30. The fraction of sp³-hybridized carbons (Fsp3) is 0.840. The first-order valence-corrected chi connectivity index (χ1v) is 24.8. The minimum atomic E-state index is -1.91. The molecule has 17 nitrogen and oxygen atoms in total. The quantitative estimate of drug-likeness (QED) is 0.0661. The van der Waals surface area contributed by atoms with E-state index in [9.17, 15) is 35.1 Å². The average molecular weight is 953 g/mol. The molecule has 1 aromatic carbocycles. The van der Waals surface area contributed by atoms with Crippen LogP contribution in [-0.2, 0) is 46.1 Å². The number of aliphatic hydroxyl groups excluding tert-OH is 3. The van der Waals surface area contributed by atoms with Crippen LogP contribution in [0, 0.1) is 17.8 Å². The molecule has 3 aliphatic rings. The number of urea groups is 1. The molecule has 0 bridgehead atoms. The van der Waals surface area contributed by atoms with Crippen LogP contribution < -0.4 is 10.6 Å². The first-order chi connectivity index (χ1) is 31.4. The highest BCUT2D eigenvalue weighted by atomic mass is 16.7. The van der Waals surface area contributed by atoms with Crippen molar-refractivity contribution in [2.45, 2.75) is 205 Å². The average Bonchev–Trinajstić information content (AvgIpc) is 3.73. The lowest BCUT2D eigenvalue weighted by molar-refractivity contribution is -0.306. The number of amides is 2. The van der Waals surface area contributed by atoms with Gasteiger partial charge in [0.15, 0.2) is 12.6 Å². The maximum absolute atomic E-state index is 14.5. The molecule has 2 heterocycles. The molecule has 1 aliphatic carbocycles. The number of cyclic esters (lactones) is 1. The molecule has 0 spiro atoms. The summed E-state index contributed by atoms with van der Waals surface area (Å²) in [5.74, 6) is -2.87. The molecule has 67 heavy (non-hydrogen) atoms. The first kappa shape index (κ1) is 57.1. The molecule has 0 aromatic heterocycles. The largest absolute Gasteiger partial charge is 0.459 e. The van der Waals surface area contributed by atoms with Crippen LogP contribution in [0.25, 0.3) is 0 Å². The van der Waals surface area contributed by atoms with Gasteiger partial charge in [0.2, 0.25) is 0 Å². The fourth-order valence-corrected chi connectivity index (χ4v) is 10.3. The van der Waals surface area contributed by atoms with Crippen molar-refractivity contribution in [2.75, 3.05) is 52.8 Å². The Balaban J connectivity index is 1.71. The van der Waals surface area contributed by atoms with E-state index in [4.69, 9.17) is 28.4 Å². The number of hydrogen-bond donors (Lipinski definition) is 7. The first-order valence-electron chi connectivity index (χ1n) is 24.8. The topological polar surface area (TPSA) is 221 Å². The van der Waals surface area contributed by atoms with Crippen LogP contribution in [0.3, 0.4) is 0 Å². The number of hydrogen-bond acceptors (Lipinski definition) is 15. The van der Waals surface area contributed by atoms with E-state index in [2.05, 4.69) is 16.7 Å². The smallest absolute Gasteiger partial charge is 0.319 e. The molecule has 4 rings (SSSR count). The van der Waals surface area contributed by atoms with E-state index in [1.165, 1.54) is 18.1 Å². The number of likely N-dealkylation sites (N-methyl/N-ethyl adjacent to an activating group) is 1. The maximum atomic E-state index is 14.5. The molecule has 0 radical (unpaired) electrons. The zero-order valence-electron chi connectivity index (χ0n) is 42.8. The summed E-state index contributed by atoms with van der Waals surface area (Å²) in [5.41, 5.74) is -0.252. The minimum absolute atomic E-state index is 0.153. The van der Waals surface area contributed by atoms with E-state index in [1.807, 2.05) is 63.7 Å². The summed E-state index contributed by atoms with van der Waals surface area (Å²) in [5, 5.41) is 65.2. The van der Waals surface area contributed by atoms with E-state index in [0.717, 1.165) is 24.9 Å². The SMILES string of the molecule is CC[C@H]1OC(=O)[C@H](C)[C@@H](O[C@@H](CCOC)O[C@@H](C)[C@@H](C)O)[C@H](C)[C@@H](O[C@@H]2O[C@H](C)C[C@H](N(C)C)[C@H]2O)[C@](C)(O)C[C@@H](C)CN(CCCNC(=O)Nc2ccc3c(c2)CCC3)[C@H](C)[C@@H](O)[C@]1(C)O. The summed E-state index contributed by atoms with van der Waals surface area (Å²) in [4.78, 5) is 31.5. The molecular formula is C50H88N4O13. The molecule has 2 fully saturated rings. The number of nitrogens with zero attached hydrogens (tertiary/aromatic N) is 2. The summed E-state index contributed by atoms with van der Waals surface area (Å²) in [6.07, 6.45) is -5.05. The van der Waals surface area contributed by atoms with Gasteiger partial charge < -0.3 is 69.5 Å². The number of methoxy groups -OCH3 is 1. The van der Waals surface area contributed by atoms with Crippen molar-refractivity contribution in [3.05, 3.63) is 29.3 Å². The number of anilines is 1. The normalized spacial score (nSPS) is 36.3. The zero-order valence-corrected chi connectivity index (χ0v) is 42.8. The summed E-state index contributed by atoms with van der Waals surface area (Å²) < 4.78 is 37.7. The number of esters is 1. The Morgan fingerprint density at radius 3 is 2.39 bits per heavy atom. The Labute approximate surface area is 400 Å². The Morgan fingerprint density at radius 2 is 1.75 bits per heavy atom. The van der Waals surface area contributed by atoms with Gasteiger partial charge >= 0.3 is 12.0 Å². The third-order valence-electron chi connectivity index (χ3n) is 14.4. The monoisotopic (exact) mass is 953 g/mol. The number of aryl methyl sites for hydroxylation is 2. The van der Waals surface area contributed by atoms with Gasteiger partial charge in [-0.25, -0.2) is 4.79 Å². The van der Waals surface area contributed by atoms with Crippen molar-refractivity contribution in [3.63, 3.8) is 0 Å². The van der Waals surface area contributed by atoms with Crippen molar-refractivity contribution in [3.8, 4) is 0 Å². The van der Waals surface area contributed by atoms with E-state index < -0.39 is 90.4 Å². The second kappa shape index (κ2) is 25.6. The van der Waals surface area contributed by atoms with Gasteiger partial charge in [0.05, 0.1) is 48.6 Å². The summed E-state index contributed by atoms with van der Waals surface area (Å²) in [6, 6.07) is 4.70. The Morgan fingerprint density at radius 1 is 1.06 bits per heavy atom. The molecule has 7 N–H and O–H groups in total. The molecule has 17 heteroatoms. The van der Waals surface area contributed by atoms with Gasteiger partial charge in [0, 0.05) is 56.9 Å². The minimum Gasteiger partial charge on any atom is -0.459 e. The molecule has 17 atom stereocenters. The zero-order chi connectivity index (χ0) is 50.0. The van der Waals surface area contributed by atoms with Crippen molar-refractivity contribution >= 4 is 17.7 Å². The van der Waals surface area contributed by atoms with Gasteiger partial charge in [0.1, 0.15) is 23.9 Å². The Bertz CT molecular complexity index is 1680. The van der Waals surface area contributed by atoms with E-state index in [0.29, 0.717) is 32.5 Å². The van der Waals surface area contributed by atoms with Crippen LogP contribution in [0.4, 0.5) is 10.5 Å². The standard InChI is InChI=1S/C50H88N4O13/c1-14-40-50(10,61)44(57)33(6)54(23-16-22-51-48(59)52-38-20-19-36-17-15-18-37(36)26-38)28-29(2)27-49(9,60)45(67-47-42(56)39(53(11)12)25-30(3)63-47)31(4)43(32(5)46(58)65-40)66-41(21-24-62-13)64-35(8)34(7)55/h19-20,26,29-35,39-45,47,55-57,60-61H,14-18,21-25,27-28H2,1-13H3,(H2,51,52,59)/t29-,30-,31+,32-,33-,34-,35+,39+,40-,41+,42-,43+,44-,45-,47+,49-,50-/m1/s1. The van der Waals surface area contributed by atoms with Gasteiger partial charge in [-0.1, -0.05) is 26.8 Å². The van der Waals surface area contributed by atoms with Crippen LogP contribution in [0.1, 0.15) is 119 Å². The van der Waals surface area contributed by atoms with Crippen LogP contribution in [0.2, 0.25) is 0 Å². The highest BCUT2D eigenvalue weighted by molar-refractivity contribution is 5.89. The number of fused-ring (bicyclic) bond motifs is 1. The highest BCUT2D eigenvalue weighted by Crippen LogP contribution is 2.38. The Hall–Kier alpha value is -2.52. The van der Waals surface area contributed by atoms with Crippen molar-refractivity contribution in [1.29, 1.82) is 0 Å². The van der Waals surface area contributed by atoms with E-state index in [-0.39, 0.29) is 50.0 Å². The number of aliphatic hydroxyl groups is 5. The maximum Gasteiger partial charge on any atom is 0.319 e.